The zero-order chi connectivity index (χ0) is 15.2. The van der Waals surface area contributed by atoms with Crippen LogP contribution >= 0.6 is 0 Å². The fourth-order valence-electron chi connectivity index (χ4n) is 2.21. The normalized spacial score (nSPS) is 15.4. The summed E-state index contributed by atoms with van der Waals surface area (Å²) >= 11 is 0. The number of imide groups is 1. The van der Waals surface area contributed by atoms with Gasteiger partial charge in [0.1, 0.15) is 0 Å². The third-order valence-electron chi connectivity index (χ3n) is 3.41. The molecule has 1 fully saturated rings. The number of nitro groups is 1. The number of carbonyl (C=O) groups is 2. The van der Waals surface area contributed by atoms with Crippen LogP contribution in [0.2, 0.25) is 0 Å². The second kappa shape index (κ2) is 6.83. The molecule has 7 heteroatoms. The van der Waals surface area contributed by atoms with E-state index in [9.17, 15) is 19.7 Å². The molecule has 2 rings (SSSR count). The maximum atomic E-state index is 12.0. The van der Waals surface area contributed by atoms with Crippen LogP contribution < -0.4 is 5.32 Å². The predicted octanol–water partition coefficient (Wildman–Crippen LogP) is 2.21. The van der Waals surface area contributed by atoms with E-state index in [4.69, 9.17) is 0 Å². The van der Waals surface area contributed by atoms with Crippen molar-refractivity contribution in [3.05, 3.63) is 39.9 Å². The Hall–Kier alpha value is -2.44. The van der Waals surface area contributed by atoms with E-state index in [1.807, 2.05) is 0 Å². The quantitative estimate of drug-likeness (QED) is 0.682. The molecular weight excluding hydrogens is 274 g/mol. The number of likely N-dealkylation sites (tertiary alicyclic amines) is 1. The molecule has 0 atom stereocenters. The van der Waals surface area contributed by atoms with Crippen LogP contribution in [0, 0.1) is 10.1 Å². The van der Waals surface area contributed by atoms with Crippen molar-refractivity contribution in [1.29, 1.82) is 0 Å². The fourth-order valence-corrected chi connectivity index (χ4v) is 2.21. The van der Waals surface area contributed by atoms with E-state index in [1.54, 1.807) is 12.1 Å². The molecule has 0 unspecified atom stereocenters. The van der Waals surface area contributed by atoms with E-state index in [-0.39, 0.29) is 18.1 Å². The highest BCUT2D eigenvalue weighted by Gasteiger charge is 2.22. The van der Waals surface area contributed by atoms with Crippen molar-refractivity contribution in [2.45, 2.75) is 32.2 Å². The summed E-state index contributed by atoms with van der Waals surface area (Å²) in [7, 11) is 0. The topological polar surface area (TPSA) is 92.6 Å². The number of nitrogens with zero attached hydrogens (tertiary/aromatic N) is 2. The number of hydrogen-bond donors (Lipinski definition) is 1. The molecule has 0 aliphatic carbocycles. The number of benzene rings is 1. The minimum Gasteiger partial charge on any atom is -0.334 e. The number of nitrogens with one attached hydrogen (secondary N) is 1. The summed E-state index contributed by atoms with van der Waals surface area (Å²) in [6, 6.07) is 5.54. The predicted molar refractivity (Wildman–Crippen MR) is 75.5 cm³/mol. The Kier molecular flexibility index (Phi) is 4.86. The lowest BCUT2D eigenvalue weighted by Gasteiger charge is -2.19. The van der Waals surface area contributed by atoms with E-state index in [0.717, 1.165) is 24.8 Å². The summed E-state index contributed by atoms with van der Waals surface area (Å²) in [4.78, 5) is 35.1. The van der Waals surface area contributed by atoms with Gasteiger partial charge < -0.3 is 5.32 Å². The molecule has 0 aromatic heterocycles. The van der Waals surface area contributed by atoms with E-state index in [2.05, 4.69) is 5.32 Å². The molecule has 1 N–H and O–H groups in total. The molecular formula is C14H17N3O4. The summed E-state index contributed by atoms with van der Waals surface area (Å²) in [5.41, 5.74) is 0.754. The van der Waals surface area contributed by atoms with Gasteiger partial charge in [0.05, 0.1) is 4.92 Å². The standard InChI is InChI=1S/C14H17N3O4/c18-13-4-2-1-3-9-16(13)14(19)15-10-11-5-7-12(8-6-11)17(20)21/h5-8H,1-4,9-10H2,(H,15,19). The molecule has 1 saturated heterocycles. The summed E-state index contributed by atoms with van der Waals surface area (Å²) in [6.07, 6.45) is 3.02. The minimum atomic E-state index is -0.474. The highest BCUT2D eigenvalue weighted by molar-refractivity contribution is 5.94. The van der Waals surface area contributed by atoms with E-state index >= 15 is 0 Å². The van der Waals surface area contributed by atoms with Gasteiger partial charge in [0.2, 0.25) is 5.91 Å². The first-order valence-electron chi connectivity index (χ1n) is 6.89. The molecule has 1 aromatic carbocycles. The van der Waals surface area contributed by atoms with Gasteiger partial charge in [-0.05, 0) is 18.4 Å². The van der Waals surface area contributed by atoms with Gasteiger partial charge in [0.25, 0.3) is 5.69 Å². The Labute approximate surface area is 122 Å². The van der Waals surface area contributed by atoms with Crippen LogP contribution in [0.3, 0.4) is 0 Å². The van der Waals surface area contributed by atoms with E-state index in [0.29, 0.717) is 13.0 Å². The second-order valence-corrected chi connectivity index (χ2v) is 4.94. The number of urea groups is 1. The average molecular weight is 291 g/mol. The molecule has 1 aromatic rings. The van der Waals surface area contributed by atoms with Gasteiger partial charge in [-0.15, -0.1) is 0 Å². The number of rotatable bonds is 3. The van der Waals surface area contributed by atoms with E-state index < -0.39 is 11.0 Å². The zero-order valence-corrected chi connectivity index (χ0v) is 11.6. The zero-order valence-electron chi connectivity index (χ0n) is 11.6. The molecule has 0 radical (unpaired) electrons. The number of hydrogen-bond acceptors (Lipinski definition) is 4. The van der Waals surface area contributed by atoms with Crippen molar-refractivity contribution in [3.63, 3.8) is 0 Å². The molecule has 1 heterocycles. The lowest BCUT2D eigenvalue weighted by atomic mass is 10.2. The molecule has 1 aliphatic heterocycles. The molecule has 0 spiro atoms. The number of amides is 3. The average Bonchev–Trinajstić information content (AvgIpc) is 2.70. The SMILES string of the molecule is O=C1CCCCCN1C(=O)NCc1ccc([N+](=O)[O-])cc1. The van der Waals surface area contributed by atoms with Gasteiger partial charge in [-0.2, -0.15) is 0 Å². The van der Waals surface area contributed by atoms with Gasteiger partial charge in [-0.1, -0.05) is 18.6 Å². The van der Waals surface area contributed by atoms with Crippen molar-refractivity contribution in [3.8, 4) is 0 Å². The van der Waals surface area contributed by atoms with Gasteiger partial charge in [0, 0.05) is 31.6 Å². The Balaban J connectivity index is 1.90. The number of nitro benzene ring substituents is 1. The molecule has 7 nitrogen and oxygen atoms in total. The Bertz CT molecular complexity index is 542. The molecule has 3 amide bonds. The molecule has 112 valence electrons. The van der Waals surface area contributed by atoms with Crippen molar-refractivity contribution in [2.24, 2.45) is 0 Å². The summed E-state index contributed by atoms with van der Waals surface area (Å²) in [5, 5.41) is 13.2. The molecule has 21 heavy (non-hydrogen) atoms. The van der Waals surface area contributed by atoms with Crippen LogP contribution in [0.5, 0.6) is 0 Å². The molecule has 0 saturated carbocycles. The van der Waals surface area contributed by atoms with E-state index in [1.165, 1.54) is 17.0 Å². The Morgan fingerprint density at radius 2 is 1.95 bits per heavy atom. The maximum Gasteiger partial charge on any atom is 0.324 e. The fraction of sp³-hybridized carbons (Fsp3) is 0.429. The summed E-state index contributed by atoms with van der Waals surface area (Å²) < 4.78 is 0. The van der Waals surface area contributed by atoms with Crippen LogP contribution in [0.15, 0.2) is 24.3 Å². The highest BCUT2D eigenvalue weighted by Crippen LogP contribution is 2.13. The largest absolute Gasteiger partial charge is 0.334 e. The smallest absolute Gasteiger partial charge is 0.324 e. The van der Waals surface area contributed by atoms with Crippen LogP contribution in [-0.2, 0) is 11.3 Å². The number of non-ortho nitro benzene ring substituents is 1. The van der Waals surface area contributed by atoms with Gasteiger partial charge in [0.15, 0.2) is 0 Å². The van der Waals surface area contributed by atoms with Crippen molar-refractivity contribution in [1.82, 2.24) is 10.2 Å². The first-order chi connectivity index (χ1) is 10.1. The van der Waals surface area contributed by atoms with Gasteiger partial charge >= 0.3 is 6.03 Å². The minimum absolute atomic E-state index is 0.00720. The number of carbonyl (C=O) groups excluding carboxylic acids is 2. The molecule has 1 aliphatic rings. The van der Waals surface area contributed by atoms with Crippen molar-refractivity contribution >= 4 is 17.6 Å². The van der Waals surface area contributed by atoms with Gasteiger partial charge in [-0.25, -0.2) is 4.79 Å². The monoisotopic (exact) mass is 291 g/mol. The highest BCUT2D eigenvalue weighted by atomic mass is 16.6. The lowest BCUT2D eigenvalue weighted by molar-refractivity contribution is -0.384. The summed E-state index contributed by atoms with van der Waals surface area (Å²) in [6.45, 7) is 0.686. The van der Waals surface area contributed by atoms with Crippen LogP contribution in [0.25, 0.3) is 0 Å². The lowest BCUT2D eigenvalue weighted by Crippen LogP contribution is -2.43. The molecule has 0 bridgehead atoms. The first-order valence-corrected chi connectivity index (χ1v) is 6.89. The Morgan fingerprint density at radius 3 is 2.62 bits per heavy atom. The Morgan fingerprint density at radius 1 is 1.24 bits per heavy atom. The summed E-state index contributed by atoms with van der Waals surface area (Å²) in [5.74, 6) is -0.145. The van der Waals surface area contributed by atoms with Crippen LogP contribution in [-0.4, -0.2) is 28.3 Å². The van der Waals surface area contributed by atoms with Crippen LogP contribution in [0.1, 0.15) is 31.2 Å². The third kappa shape index (κ3) is 4.01. The van der Waals surface area contributed by atoms with Gasteiger partial charge in [-0.3, -0.25) is 19.8 Å². The van der Waals surface area contributed by atoms with Crippen LogP contribution in [0.4, 0.5) is 10.5 Å². The maximum absolute atomic E-state index is 12.0. The first kappa shape index (κ1) is 15.0. The van der Waals surface area contributed by atoms with Crippen molar-refractivity contribution < 1.29 is 14.5 Å². The second-order valence-electron chi connectivity index (χ2n) is 4.94. The van der Waals surface area contributed by atoms with Crippen molar-refractivity contribution in [2.75, 3.05) is 6.54 Å². The third-order valence-corrected chi connectivity index (χ3v) is 3.41.